The topological polar surface area (TPSA) is 69.5 Å². The second-order valence-corrected chi connectivity index (χ2v) is 7.37. The fraction of sp³-hybridized carbons (Fsp3) is 0.318. The van der Waals surface area contributed by atoms with Crippen LogP contribution in [-0.2, 0) is 19.1 Å². The summed E-state index contributed by atoms with van der Waals surface area (Å²) in [6, 6.07) is 12.1. The lowest BCUT2D eigenvalue weighted by molar-refractivity contribution is -0.141. The Balaban J connectivity index is 1.35. The van der Waals surface area contributed by atoms with E-state index in [-0.39, 0.29) is 17.4 Å². The van der Waals surface area contributed by atoms with Gasteiger partial charge in [-0.25, -0.2) is 9.78 Å². The molecule has 0 spiro atoms. The van der Waals surface area contributed by atoms with Crippen LogP contribution in [0.25, 0.3) is 0 Å². The molecule has 0 radical (unpaired) electrons. The predicted molar refractivity (Wildman–Crippen MR) is 111 cm³/mol. The molecule has 0 fully saturated rings. The van der Waals surface area contributed by atoms with Crippen LogP contribution in [0.3, 0.4) is 0 Å². The molecule has 0 N–H and O–H groups in total. The van der Waals surface area contributed by atoms with Crippen LogP contribution in [0.4, 0.5) is 19.0 Å². The molecule has 1 aliphatic rings. The first-order chi connectivity index (χ1) is 15.3. The number of benzene rings is 1. The molecule has 0 amide bonds. The number of aromatic nitrogens is 3. The van der Waals surface area contributed by atoms with Crippen molar-refractivity contribution in [2.45, 2.75) is 25.6 Å². The van der Waals surface area contributed by atoms with Gasteiger partial charge >= 0.3 is 11.9 Å². The van der Waals surface area contributed by atoms with Crippen LogP contribution in [0.2, 0.25) is 0 Å². The first-order valence-electron chi connectivity index (χ1n) is 10.1. The number of hydrogen-bond acceptors (Lipinski definition) is 6. The minimum absolute atomic E-state index is 0.134. The van der Waals surface area contributed by atoms with Crippen LogP contribution in [0, 0.1) is 0 Å². The zero-order valence-corrected chi connectivity index (χ0v) is 17.3. The second kappa shape index (κ2) is 8.89. The first-order valence-corrected chi connectivity index (χ1v) is 10.1. The molecule has 10 heteroatoms. The van der Waals surface area contributed by atoms with Gasteiger partial charge in [0.15, 0.2) is 0 Å². The minimum atomic E-state index is -4.53. The predicted octanol–water partition coefficient (Wildman–Crippen LogP) is 3.91. The summed E-state index contributed by atoms with van der Waals surface area (Å²) in [5.41, 5.74) is -0.403. The molecule has 32 heavy (non-hydrogen) atoms. The lowest BCUT2D eigenvalue weighted by Gasteiger charge is -2.28. The summed E-state index contributed by atoms with van der Waals surface area (Å²) >= 11 is 0. The quantitative estimate of drug-likeness (QED) is 0.572. The van der Waals surface area contributed by atoms with Gasteiger partial charge in [-0.05, 0) is 30.2 Å². The lowest BCUT2D eigenvalue weighted by Crippen LogP contribution is -2.36. The van der Waals surface area contributed by atoms with Crippen molar-refractivity contribution >= 4 is 5.82 Å². The van der Waals surface area contributed by atoms with Gasteiger partial charge in [-0.3, -0.25) is 4.57 Å². The van der Waals surface area contributed by atoms with Crippen molar-refractivity contribution in [3.05, 3.63) is 70.3 Å². The van der Waals surface area contributed by atoms with Gasteiger partial charge in [0.25, 0.3) is 0 Å². The largest absolute Gasteiger partial charge is 0.477 e. The monoisotopic (exact) mass is 446 g/mol. The number of halogens is 3. The Morgan fingerprint density at radius 2 is 1.81 bits per heavy atom. The number of alkyl halides is 3. The van der Waals surface area contributed by atoms with Crippen LogP contribution >= 0.6 is 0 Å². The molecular weight excluding hydrogens is 425 g/mol. The Kier molecular flexibility index (Phi) is 6.02. The Hall–Kier alpha value is -3.56. The summed E-state index contributed by atoms with van der Waals surface area (Å²) in [7, 11) is 1.92. The van der Waals surface area contributed by atoms with Crippen molar-refractivity contribution in [2.75, 3.05) is 25.1 Å². The van der Waals surface area contributed by atoms with Crippen molar-refractivity contribution < 1.29 is 22.6 Å². The highest BCUT2D eigenvalue weighted by atomic mass is 19.4. The molecule has 0 unspecified atom stereocenters. The normalized spacial score (nSPS) is 13.6. The van der Waals surface area contributed by atoms with Gasteiger partial charge < -0.3 is 14.4 Å². The van der Waals surface area contributed by atoms with Gasteiger partial charge in [-0.15, -0.1) is 0 Å². The molecule has 2 aromatic heterocycles. The maximum Gasteiger partial charge on any atom is 0.433 e. The van der Waals surface area contributed by atoms with Crippen molar-refractivity contribution in [3.8, 4) is 17.5 Å². The standard InChI is InChI=1S/C22H21F3N4O3/c1-28-11-3-12-29-20(28)14-19(27-21(29)30)31-13-10-15-6-8-16(9-7-15)32-18-5-2-4-17(26-18)22(23,24)25/h2,4-9,14H,3,10-13H2,1H3. The third-order valence-corrected chi connectivity index (χ3v) is 5.03. The summed E-state index contributed by atoms with van der Waals surface area (Å²) in [4.78, 5) is 21.7. The maximum absolute atomic E-state index is 12.8. The van der Waals surface area contributed by atoms with Crippen molar-refractivity contribution in [3.63, 3.8) is 0 Å². The number of hydrogen-bond donors (Lipinski definition) is 0. The lowest BCUT2D eigenvalue weighted by atomic mass is 10.1. The summed E-state index contributed by atoms with van der Waals surface area (Å²) in [6.45, 7) is 1.83. The van der Waals surface area contributed by atoms with E-state index in [1.807, 2.05) is 11.9 Å². The molecule has 0 atom stereocenters. The molecule has 0 aliphatic carbocycles. The molecule has 0 saturated heterocycles. The number of pyridine rings is 1. The van der Waals surface area contributed by atoms with Gasteiger partial charge in [0.05, 0.1) is 6.61 Å². The van der Waals surface area contributed by atoms with Gasteiger partial charge in [-0.1, -0.05) is 18.2 Å². The average Bonchev–Trinajstić information content (AvgIpc) is 2.75. The molecule has 168 valence electrons. The van der Waals surface area contributed by atoms with E-state index in [0.29, 0.717) is 25.3 Å². The first kappa shape index (κ1) is 21.7. The number of ether oxygens (including phenoxy) is 2. The average molecular weight is 446 g/mol. The van der Waals surface area contributed by atoms with E-state index < -0.39 is 11.9 Å². The number of rotatable bonds is 6. The summed E-state index contributed by atoms with van der Waals surface area (Å²) in [6.07, 6.45) is -3.08. The molecule has 7 nitrogen and oxygen atoms in total. The number of fused-ring (bicyclic) bond motifs is 1. The van der Waals surface area contributed by atoms with E-state index in [2.05, 4.69) is 9.97 Å². The Labute approximate surface area is 182 Å². The van der Waals surface area contributed by atoms with Crippen LogP contribution in [0.15, 0.2) is 53.3 Å². The van der Waals surface area contributed by atoms with Crippen LogP contribution in [0.1, 0.15) is 17.7 Å². The number of nitrogens with zero attached hydrogens (tertiary/aromatic N) is 4. The van der Waals surface area contributed by atoms with Gasteiger partial charge in [0, 0.05) is 38.7 Å². The zero-order valence-electron chi connectivity index (χ0n) is 17.3. The van der Waals surface area contributed by atoms with Crippen LogP contribution < -0.4 is 20.1 Å². The number of anilines is 1. The summed E-state index contributed by atoms with van der Waals surface area (Å²) in [5, 5.41) is 0. The van der Waals surface area contributed by atoms with E-state index >= 15 is 0 Å². The maximum atomic E-state index is 12.8. The van der Waals surface area contributed by atoms with E-state index in [1.54, 1.807) is 34.9 Å². The van der Waals surface area contributed by atoms with Crippen molar-refractivity contribution in [1.82, 2.24) is 14.5 Å². The molecule has 0 bridgehead atoms. The highest BCUT2D eigenvalue weighted by Crippen LogP contribution is 2.30. The Morgan fingerprint density at radius 3 is 2.56 bits per heavy atom. The fourth-order valence-electron chi connectivity index (χ4n) is 3.40. The van der Waals surface area contributed by atoms with E-state index in [4.69, 9.17) is 9.47 Å². The SMILES string of the molecule is CN1CCCn2c1cc(OCCc1ccc(Oc3cccc(C(F)(F)F)n3)cc1)nc2=O. The Morgan fingerprint density at radius 1 is 1.03 bits per heavy atom. The molecule has 4 rings (SSSR count). The molecule has 3 heterocycles. The van der Waals surface area contributed by atoms with Crippen molar-refractivity contribution in [1.29, 1.82) is 0 Å². The molecule has 0 saturated carbocycles. The third-order valence-electron chi connectivity index (χ3n) is 5.03. The highest BCUT2D eigenvalue weighted by molar-refractivity contribution is 5.42. The molecular formula is C22H21F3N4O3. The van der Waals surface area contributed by atoms with Crippen LogP contribution in [-0.4, -0.2) is 34.7 Å². The van der Waals surface area contributed by atoms with Gasteiger partial charge in [0.2, 0.25) is 11.8 Å². The van der Waals surface area contributed by atoms with Gasteiger partial charge in [-0.2, -0.15) is 18.2 Å². The van der Waals surface area contributed by atoms with Crippen molar-refractivity contribution in [2.24, 2.45) is 0 Å². The third kappa shape index (κ3) is 5.01. The second-order valence-electron chi connectivity index (χ2n) is 7.37. The van der Waals surface area contributed by atoms with E-state index in [0.717, 1.165) is 30.4 Å². The molecule has 3 aromatic rings. The zero-order chi connectivity index (χ0) is 22.7. The van der Waals surface area contributed by atoms with Gasteiger partial charge in [0.1, 0.15) is 17.3 Å². The van der Waals surface area contributed by atoms with E-state index in [9.17, 15) is 18.0 Å². The van der Waals surface area contributed by atoms with Crippen LogP contribution in [0.5, 0.6) is 17.5 Å². The minimum Gasteiger partial charge on any atom is -0.477 e. The molecule has 1 aliphatic heterocycles. The molecule has 1 aromatic carbocycles. The Bertz CT molecular complexity index is 1150. The van der Waals surface area contributed by atoms with E-state index in [1.165, 1.54) is 12.1 Å². The fourth-order valence-corrected chi connectivity index (χ4v) is 3.40. The highest BCUT2D eigenvalue weighted by Gasteiger charge is 2.32. The summed E-state index contributed by atoms with van der Waals surface area (Å²) in [5.74, 6) is 1.31. The smallest absolute Gasteiger partial charge is 0.433 e. The summed E-state index contributed by atoms with van der Waals surface area (Å²) < 4.78 is 51.0.